The van der Waals surface area contributed by atoms with E-state index >= 15 is 0 Å². The Hall–Kier alpha value is -2.08. The number of hydrogen-bond donors (Lipinski definition) is 0. The summed E-state index contributed by atoms with van der Waals surface area (Å²) in [6.07, 6.45) is 0.229. The summed E-state index contributed by atoms with van der Waals surface area (Å²) >= 11 is 5.90. The zero-order chi connectivity index (χ0) is 18.8. The summed E-state index contributed by atoms with van der Waals surface area (Å²) in [4.78, 5) is 42.5. The van der Waals surface area contributed by atoms with Gasteiger partial charge in [-0.1, -0.05) is 25.4 Å². The summed E-state index contributed by atoms with van der Waals surface area (Å²) in [5.41, 5.74) is 0.766. The molecule has 0 spiro atoms. The van der Waals surface area contributed by atoms with Crippen LogP contribution in [0.4, 0.5) is 5.69 Å². The largest absolute Gasteiger partial charge is 0.339 e. The first-order valence-corrected chi connectivity index (χ1v) is 9.38. The van der Waals surface area contributed by atoms with Crippen molar-refractivity contribution in [3.63, 3.8) is 0 Å². The fourth-order valence-electron chi connectivity index (χ4n) is 3.51. The van der Waals surface area contributed by atoms with E-state index in [-0.39, 0.29) is 36.0 Å². The lowest BCUT2D eigenvalue weighted by Crippen LogP contribution is -2.53. The van der Waals surface area contributed by atoms with Crippen LogP contribution in [-0.4, -0.2) is 60.2 Å². The summed E-state index contributed by atoms with van der Waals surface area (Å²) in [7, 11) is 0. The third-order valence-corrected chi connectivity index (χ3v) is 5.26. The predicted octanol–water partition coefficient (Wildman–Crippen LogP) is 2.02. The summed E-state index contributed by atoms with van der Waals surface area (Å²) in [5, 5.41) is 0.613. The maximum Gasteiger partial charge on any atom is 0.228 e. The molecule has 0 bridgehead atoms. The first kappa shape index (κ1) is 18.7. The molecular weight excluding hydrogens is 354 g/mol. The van der Waals surface area contributed by atoms with Crippen molar-refractivity contribution in [2.45, 2.75) is 20.3 Å². The first-order chi connectivity index (χ1) is 12.4. The highest BCUT2D eigenvalue weighted by Gasteiger charge is 2.38. The van der Waals surface area contributed by atoms with Crippen molar-refractivity contribution >= 4 is 35.0 Å². The lowest BCUT2D eigenvalue weighted by molar-refractivity contribution is -0.143. The van der Waals surface area contributed by atoms with Crippen LogP contribution in [0.25, 0.3) is 0 Å². The molecule has 1 atom stereocenters. The first-order valence-electron chi connectivity index (χ1n) is 9.00. The van der Waals surface area contributed by atoms with E-state index in [1.807, 2.05) is 18.7 Å². The number of piperazine rings is 1. The van der Waals surface area contributed by atoms with E-state index in [0.29, 0.717) is 37.7 Å². The third kappa shape index (κ3) is 3.85. The molecule has 2 fully saturated rings. The Bertz CT molecular complexity index is 696. The molecule has 3 rings (SSSR count). The highest BCUT2D eigenvalue weighted by Crippen LogP contribution is 2.27. The number of carbonyl (C=O) groups excluding carboxylic acids is 3. The van der Waals surface area contributed by atoms with Crippen LogP contribution in [0.15, 0.2) is 24.3 Å². The average molecular weight is 378 g/mol. The standard InChI is InChI=1S/C19H24ClN3O3/c1-13(2)18(25)21-7-9-22(10-8-21)19(26)14-11-17(24)23(12-14)16-5-3-15(20)4-6-16/h3-6,13-14H,7-12H2,1-2H3. The monoisotopic (exact) mass is 377 g/mol. The molecule has 2 aliphatic heterocycles. The zero-order valence-electron chi connectivity index (χ0n) is 15.2. The van der Waals surface area contributed by atoms with E-state index in [1.165, 1.54) is 0 Å². The molecule has 7 heteroatoms. The predicted molar refractivity (Wildman–Crippen MR) is 99.9 cm³/mol. The number of hydrogen-bond acceptors (Lipinski definition) is 3. The Morgan fingerprint density at radius 1 is 1.04 bits per heavy atom. The third-order valence-electron chi connectivity index (χ3n) is 5.01. The number of carbonyl (C=O) groups is 3. The molecule has 140 valence electrons. The molecule has 3 amide bonds. The molecule has 6 nitrogen and oxygen atoms in total. The number of amides is 3. The second kappa shape index (κ2) is 7.66. The van der Waals surface area contributed by atoms with Crippen molar-refractivity contribution in [1.29, 1.82) is 0 Å². The van der Waals surface area contributed by atoms with Crippen LogP contribution in [0.1, 0.15) is 20.3 Å². The Morgan fingerprint density at radius 2 is 1.62 bits per heavy atom. The topological polar surface area (TPSA) is 60.9 Å². The second-order valence-electron chi connectivity index (χ2n) is 7.19. The highest BCUT2D eigenvalue weighted by atomic mass is 35.5. The number of anilines is 1. The number of rotatable bonds is 3. The van der Waals surface area contributed by atoms with Crippen LogP contribution in [0.2, 0.25) is 5.02 Å². The molecule has 2 saturated heterocycles. The molecule has 1 unspecified atom stereocenters. The van der Waals surface area contributed by atoms with Gasteiger partial charge in [-0.15, -0.1) is 0 Å². The smallest absolute Gasteiger partial charge is 0.228 e. The van der Waals surface area contributed by atoms with Gasteiger partial charge in [-0.25, -0.2) is 0 Å². The van der Waals surface area contributed by atoms with Gasteiger partial charge < -0.3 is 14.7 Å². The van der Waals surface area contributed by atoms with Gasteiger partial charge >= 0.3 is 0 Å². The quantitative estimate of drug-likeness (QED) is 0.809. The molecule has 0 saturated carbocycles. The maximum absolute atomic E-state index is 12.8. The van der Waals surface area contributed by atoms with Gasteiger partial charge in [-0.05, 0) is 24.3 Å². The minimum atomic E-state index is -0.328. The Morgan fingerprint density at radius 3 is 2.19 bits per heavy atom. The molecule has 0 aromatic heterocycles. The Labute approximate surface area is 158 Å². The van der Waals surface area contributed by atoms with Crippen LogP contribution in [0, 0.1) is 11.8 Å². The van der Waals surface area contributed by atoms with Gasteiger partial charge in [-0.3, -0.25) is 14.4 Å². The van der Waals surface area contributed by atoms with Gasteiger partial charge in [0.25, 0.3) is 0 Å². The van der Waals surface area contributed by atoms with Gasteiger partial charge in [0.2, 0.25) is 17.7 Å². The zero-order valence-corrected chi connectivity index (χ0v) is 15.9. The van der Waals surface area contributed by atoms with Crippen LogP contribution < -0.4 is 4.90 Å². The lowest BCUT2D eigenvalue weighted by Gasteiger charge is -2.36. The number of nitrogens with zero attached hydrogens (tertiary/aromatic N) is 3. The van der Waals surface area contributed by atoms with Gasteiger partial charge in [-0.2, -0.15) is 0 Å². The fraction of sp³-hybridized carbons (Fsp3) is 0.526. The normalized spacial score (nSPS) is 20.8. The Balaban J connectivity index is 1.59. The van der Waals surface area contributed by atoms with E-state index in [2.05, 4.69) is 0 Å². The van der Waals surface area contributed by atoms with Gasteiger partial charge in [0.05, 0.1) is 5.92 Å². The van der Waals surface area contributed by atoms with Gasteiger partial charge in [0.15, 0.2) is 0 Å². The van der Waals surface area contributed by atoms with Crippen LogP contribution in [0.3, 0.4) is 0 Å². The van der Waals surface area contributed by atoms with Crippen molar-refractivity contribution in [2.24, 2.45) is 11.8 Å². The van der Waals surface area contributed by atoms with Gasteiger partial charge in [0, 0.05) is 55.8 Å². The molecular formula is C19H24ClN3O3. The number of benzene rings is 1. The summed E-state index contributed by atoms with van der Waals surface area (Å²) < 4.78 is 0. The SMILES string of the molecule is CC(C)C(=O)N1CCN(C(=O)C2CC(=O)N(c3ccc(Cl)cc3)C2)CC1. The summed E-state index contributed by atoms with van der Waals surface area (Å²) in [6.45, 7) is 6.34. The van der Waals surface area contributed by atoms with E-state index < -0.39 is 0 Å². The molecule has 2 aliphatic rings. The van der Waals surface area contributed by atoms with Crippen molar-refractivity contribution in [2.75, 3.05) is 37.6 Å². The van der Waals surface area contributed by atoms with Crippen LogP contribution in [0.5, 0.6) is 0 Å². The minimum Gasteiger partial charge on any atom is -0.339 e. The Kier molecular flexibility index (Phi) is 5.51. The lowest BCUT2D eigenvalue weighted by atomic mass is 10.1. The molecule has 1 aromatic rings. The molecule has 0 radical (unpaired) electrons. The highest BCUT2D eigenvalue weighted by molar-refractivity contribution is 6.30. The van der Waals surface area contributed by atoms with E-state index in [9.17, 15) is 14.4 Å². The molecule has 26 heavy (non-hydrogen) atoms. The van der Waals surface area contributed by atoms with Crippen molar-refractivity contribution in [3.05, 3.63) is 29.3 Å². The van der Waals surface area contributed by atoms with Crippen LogP contribution in [-0.2, 0) is 14.4 Å². The van der Waals surface area contributed by atoms with Crippen LogP contribution >= 0.6 is 11.6 Å². The van der Waals surface area contributed by atoms with Crippen molar-refractivity contribution in [3.8, 4) is 0 Å². The molecule has 2 heterocycles. The van der Waals surface area contributed by atoms with E-state index in [0.717, 1.165) is 5.69 Å². The fourth-order valence-corrected chi connectivity index (χ4v) is 3.64. The van der Waals surface area contributed by atoms with Crippen molar-refractivity contribution < 1.29 is 14.4 Å². The van der Waals surface area contributed by atoms with Gasteiger partial charge in [0.1, 0.15) is 0 Å². The summed E-state index contributed by atoms with van der Waals surface area (Å²) in [6, 6.07) is 7.07. The van der Waals surface area contributed by atoms with Crippen molar-refractivity contribution in [1.82, 2.24) is 9.80 Å². The summed E-state index contributed by atoms with van der Waals surface area (Å²) in [5.74, 6) is -0.268. The van der Waals surface area contributed by atoms with E-state index in [4.69, 9.17) is 11.6 Å². The molecule has 0 N–H and O–H groups in total. The molecule has 0 aliphatic carbocycles. The minimum absolute atomic E-state index is 0.00598. The maximum atomic E-state index is 12.8. The average Bonchev–Trinajstić information content (AvgIpc) is 3.03. The van der Waals surface area contributed by atoms with E-state index in [1.54, 1.807) is 34.1 Å². The number of halogens is 1. The second-order valence-corrected chi connectivity index (χ2v) is 7.62. The molecule has 1 aromatic carbocycles.